The fourth-order valence-electron chi connectivity index (χ4n) is 5.97. The van der Waals surface area contributed by atoms with Gasteiger partial charge in [0.2, 0.25) is 0 Å². The van der Waals surface area contributed by atoms with Gasteiger partial charge in [0.1, 0.15) is 12.4 Å². The van der Waals surface area contributed by atoms with E-state index in [9.17, 15) is 19.1 Å². The van der Waals surface area contributed by atoms with Crippen molar-refractivity contribution in [3.05, 3.63) is 62.2 Å². The lowest BCUT2D eigenvalue weighted by Gasteiger charge is -2.34. The van der Waals surface area contributed by atoms with E-state index in [0.717, 1.165) is 42.7 Å². The maximum Gasteiger partial charge on any atom is 0.343 e. The SMILES string of the molecule is CC[C@@]1(O)C(=O)OCc2c1cc1n(c2=O)Cc2c-1nc1cc(F)c(C)cc1c2[C@H](C)N1CCNCC1. The molecule has 0 spiro atoms. The van der Waals surface area contributed by atoms with E-state index in [1.165, 1.54) is 6.07 Å². The van der Waals surface area contributed by atoms with Gasteiger partial charge in [-0.2, -0.15) is 0 Å². The van der Waals surface area contributed by atoms with Crippen LogP contribution in [0.3, 0.4) is 0 Å². The van der Waals surface area contributed by atoms with E-state index in [1.807, 2.05) is 6.07 Å². The van der Waals surface area contributed by atoms with E-state index in [0.29, 0.717) is 34.6 Å². The number of aromatic nitrogens is 2. The van der Waals surface area contributed by atoms with Crippen molar-refractivity contribution in [2.45, 2.75) is 52.0 Å². The lowest BCUT2D eigenvalue weighted by atomic mass is 9.86. The largest absolute Gasteiger partial charge is 0.458 e. The standard InChI is InChI=1S/C27H29FN4O4/c1-4-27(35)19-10-22-24-17(12-32(22)25(33)18(19)13-36-26(27)34)23(15(3)31-7-5-29-6-8-31)16-9-14(2)20(28)11-21(16)30-24/h9-11,15,29,35H,4-8,12-13H2,1-3H3/t15-,27-/m0/s1. The van der Waals surface area contributed by atoms with Crippen molar-refractivity contribution in [2.75, 3.05) is 26.2 Å². The van der Waals surface area contributed by atoms with Gasteiger partial charge in [-0.3, -0.25) is 9.69 Å². The van der Waals surface area contributed by atoms with Crippen LogP contribution in [0.5, 0.6) is 0 Å². The summed E-state index contributed by atoms with van der Waals surface area (Å²) in [5, 5.41) is 15.4. The first-order valence-electron chi connectivity index (χ1n) is 12.5. The number of hydrogen-bond donors (Lipinski definition) is 2. The van der Waals surface area contributed by atoms with E-state index < -0.39 is 11.6 Å². The Morgan fingerprint density at radius 3 is 2.69 bits per heavy atom. The molecule has 0 radical (unpaired) electrons. The van der Waals surface area contributed by atoms with E-state index in [1.54, 1.807) is 24.5 Å². The molecule has 1 saturated heterocycles. The smallest absolute Gasteiger partial charge is 0.343 e. The number of aliphatic hydroxyl groups is 1. The van der Waals surface area contributed by atoms with Crippen molar-refractivity contribution < 1.29 is 19.0 Å². The maximum atomic E-state index is 14.7. The number of aryl methyl sites for hydroxylation is 1. The molecule has 36 heavy (non-hydrogen) atoms. The van der Waals surface area contributed by atoms with Gasteiger partial charge in [0, 0.05) is 54.8 Å². The van der Waals surface area contributed by atoms with Crippen LogP contribution < -0.4 is 10.9 Å². The van der Waals surface area contributed by atoms with E-state index >= 15 is 0 Å². The van der Waals surface area contributed by atoms with Crippen molar-refractivity contribution in [3.8, 4) is 11.4 Å². The number of nitrogens with zero attached hydrogens (tertiary/aromatic N) is 3. The molecule has 5 heterocycles. The lowest BCUT2D eigenvalue weighted by Crippen LogP contribution is -2.44. The highest BCUT2D eigenvalue weighted by atomic mass is 19.1. The summed E-state index contributed by atoms with van der Waals surface area (Å²) < 4.78 is 21.5. The Balaban J connectivity index is 1.63. The fourth-order valence-corrected chi connectivity index (χ4v) is 5.97. The van der Waals surface area contributed by atoms with Gasteiger partial charge in [0.05, 0.1) is 29.0 Å². The van der Waals surface area contributed by atoms with Crippen LogP contribution in [-0.2, 0) is 28.3 Å². The molecule has 1 aromatic carbocycles. The van der Waals surface area contributed by atoms with Crippen LogP contribution in [0.15, 0.2) is 23.0 Å². The molecule has 2 aromatic heterocycles. The molecule has 8 nitrogen and oxygen atoms in total. The normalized spacial score (nSPS) is 22.2. The number of rotatable bonds is 3. The van der Waals surface area contributed by atoms with Crippen molar-refractivity contribution >= 4 is 16.9 Å². The van der Waals surface area contributed by atoms with Crippen LogP contribution in [-0.4, -0.2) is 51.7 Å². The fraction of sp³-hybridized carbons (Fsp3) is 0.444. The van der Waals surface area contributed by atoms with Crippen molar-refractivity contribution in [3.63, 3.8) is 0 Å². The molecule has 0 aliphatic carbocycles. The Kier molecular flexibility index (Phi) is 5.30. The third-order valence-electron chi connectivity index (χ3n) is 8.13. The summed E-state index contributed by atoms with van der Waals surface area (Å²) in [5.41, 5.74) is 2.55. The molecule has 3 aliphatic rings. The lowest BCUT2D eigenvalue weighted by molar-refractivity contribution is -0.172. The van der Waals surface area contributed by atoms with Crippen molar-refractivity contribution in [1.82, 2.24) is 19.8 Å². The third-order valence-corrected chi connectivity index (χ3v) is 8.13. The monoisotopic (exact) mass is 492 g/mol. The van der Waals surface area contributed by atoms with Gasteiger partial charge >= 0.3 is 5.97 Å². The van der Waals surface area contributed by atoms with Crippen LogP contribution in [0, 0.1) is 12.7 Å². The number of hydrogen-bond acceptors (Lipinski definition) is 7. The predicted octanol–water partition coefficient (Wildman–Crippen LogP) is 2.49. The number of pyridine rings is 2. The molecule has 2 atom stereocenters. The highest BCUT2D eigenvalue weighted by Crippen LogP contribution is 2.43. The van der Waals surface area contributed by atoms with Gasteiger partial charge in [-0.05, 0) is 43.5 Å². The summed E-state index contributed by atoms with van der Waals surface area (Å²) >= 11 is 0. The number of cyclic esters (lactones) is 1. The first kappa shape index (κ1) is 23.3. The Morgan fingerprint density at radius 1 is 1.22 bits per heavy atom. The first-order valence-corrected chi connectivity index (χ1v) is 12.5. The Bertz CT molecular complexity index is 1490. The maximum absolute atomic E-state index is 14.7. The Morgan fingerprint density at radius 2 is 1.97 bits per heavy atom. The molecular formula is C27H29FN4O4. The minimum absolute atomic E-state index is 0.0216. The second kappa shape index (κ2) is 8.19. The highest BCUT2D eigenvalue weighted by molar-refractivity contribution is 5.90. The number of carbonyl (C=O) groups excluding carboxylic acids is 1. The third kappa shape index (κ3) is 3.19. The van der Waals surface area contributed by atoms with Crippen LogP contribution >= 0.6 is 0 Å². The summed E-state index contributed by atoms with van der Waals surface area (Å²) in [5.74, 6) is -1.09. The molecule has 0 unspecified atom stereocenters. The van der Waals surface area contributed by atoms with Crippen LogP contribution in [0.25, 0.3) is 22.3 Å². The molecule has 3 aromatic rings. The molecular weight excluding hydrogens is 463 g/mol. The number of piperazine rings is 1. The summed E-state index contributed by atoms with van der Waals surface area (Å²) in [7, 11) is 0. The number of fused-ring (bicyclic) bond motifs is 5. The zero-order chi connectivity index (χ0) is 25.4. The highest BCUT2D eigenvalue weighted by Gasteiger charge is 2.45. The zero-order valence-electron chi connectivity index (χ0n) is 20.7. The van der Waals surface area contributed by atoms with Gasteiger partial charge in [-0.15, -0.1) is 0 Å². The minimum Gasteiger partial charge on any atom is -0.458 e. The number of ether oxygens (including phenoxy) is 1. The van der Waals surface area contributed by atoms with Gasteiger partial charge in [-0.1, -0.05) is 6.92 Å². The molecule has 0 saturated carbocycles. The van der Waals surface area contributed by atoms with E-state index in [4.69, 9.17) is 9.72 Å². The quantitative estimate of drug-likeness (QED) is 0.424. The molecule has 9 heteroatoms. The van der Waals surface area contributed by atoms with Gasteiger partial charge < -0.3 is 19.7 Å². The van der Waals surface area contributed by atoms with Crippen molar-refractivity contribution in [1.29, 1.82) is 0 Å². The summed E-state index contributed by atoms with van der Waals surface area (Å²) in [6.07, 6.45) is 0.0789. The average molecular weight is 493 g/mol. The topological polar surface area (TPSA) is 96.7 Å². The predicted molar refractivity (Wildman–Crippen MR) is 132 cm³/mol. The average Bonchev–Trinajstić information content (AvgIpc) is 3.24. The van der Waals surface area contributed by atoms with Crippen LogP contribution in [0.4, 0.5) is 4.39 Å². The van der Waals surface area contributed by atoms with Crippen molar-refractivity contribution in [2.24, 2.45) is 0 Å². The van der Waals surface area contributed by atoms with Crippen LogP contribution in [0.1, 0.15) is 54.1 Å². The van der Waals surface area contributed by atoms with Gasteiger partial charge in [-0.25, -0.2) is 14.2 Å². The van der Waals surface area contributed by atoms with Gasteiger partial charge in [0.25, 0.3) is 5.56 Å². The molecule has 188 valence electrons. The molecule has 2 N–H and O–H groups in total. The number of esters is 1. The summed E-state index contributed by atoms with van der Waals surface area (Å²) in [6.45, 7) is 9.26. The first-order chi connectivity index (χ1) is 17.2. The second-order valence-corrected chi connectivity index (χ2v) is 10.0. The number of halogens is 1. The summed E-state index contributed by atoms with van der Waals surface area (Å²) in [6, 6.07) is 5.03. The summed E-state index contributed by atoms with van der Waals surface area (Å²) in [4.78, 5) is 33.3. The second-order valence-electron chi connectivity index (χ2n) is 10.0. The molecule has 0 amide bonds. The Labute approximate surface area is 207 Å². The minimum atomic E-state index is -1.89. The number of carbonyl (C=O) groups is 1. The molecule has 0 bridgehead atoms. The molecule has 6 rings (SSSR count). The molecule has 3 aliphatic heterocycles. The van der Waals surface area contributed by atoms with Gasteiger partial charge in [0.15, 0.2) is 5.60 Å². The van der Waals surface area contributed by atoms with E-state index in [2.05, 4.69) is 17.1 Å². The van der Waals surface area contributed by atoms with E-state index in [-0.39, 0.29) is 36.0 Å². The zero-order valence-corrected chi connectivity index (χ0v) is 20.7. The van der Waals surface area contributed by atoms with Crippen LogP contribution in [0.2, 0.25) is 0 Å². The number of nitrogens with one attached hydrogen (secondary N) is 1. The molecule has 1 fully saturated rings. The Hall–Kier alpha value is -3.14. The number of benzene rings is 1.